The van der Waals surface area contributed by atoms with Gasteiger partial charge in [0.25, 0.3) is 11.8 Å². The van der Waals surface area contributed by atoms with E-state index in [2.05, 4.69) is 21.9 Å². The number of carbonyl (C=O) groups is 2. The van der Waals surface area contributed by atoms with E-state index < -0.39 is 0 Å². The van der Waals surface area contributed by atoms with E-state index >= 15 is 0 Å². The van der Waals surface area contributed by atoms with Crippen LogP contribution in [0.5, 0.6) is 0 Å². The van der Waals surface area contributed by atoms with Gasteiger partial charge in [-0.2, -0.15) is 0 Å². The highest BCUT2D eigenvalue weighted by Gasteiger charge is 2.34. The van der Waals surface area contributed by atoms with Crippen LogP contribution in [-0.4, -0.2) is 65.8 Å². The van der Waals surface area contributed by atoms with Crippen molar-refractivity contribution in [3.63, 3.8) is 0 Å². The smallest absolute Gasteiger partial charge is 0.261 e. The zero-order valence-electron chi connectivity index (χ0n) is 16.5. The van der Waals surface area contributed by atoms with E-state index in [1.165, 1.54) is 10.5 Å². The minimum absolute atomic E-state index is 0.151. The second-order valence-electron chi connectivity index (χ2n) is 7.76. The number of carbonyl (C=O) groups excluding carboxylic acids is 2. The molecule has 0 bridgehead atoms. The third-order valence-electron chi connectivity index (χ3n) is 5.77. The van der Waals surface area contributed by atoms with Gasteiger partial charge in [0.15, 0.2) is 0 Å². The normalized spacial score (nSPS) is 17.8. The molecule has 5 nitrogen and oxygen atoms in total. The summed E-state index contributed by atoms with van der Waals surface area (Å²) in [6.07, 6.45) is 1.83. The van der Waals surface area contributed by atoms with Crippen molar-refractivity contribution in [1.82, 2.24) is 14.7 Å². The van der Waals surface area contributed by atoms with Crippen molar-refractivity contribution in [3.8, 4) is 0 Å². The zero-order valence-corrected chi connectivity index (χ0v) is 17.3. The molecule has 6 heteroatoms. The van der Waals surface area contributed by atoms with Gasteiger partial charge in [-0.05, 0) is 49.2 Å². The molecule has 0 saturated carbocycles. The number of amides is 2. The standard InChI is InChI=1S/C23H26ClN3O2/c24-19-9-7-18(8-10-19)17-26-15-13-25(14-16-26)11-3-4-12-27-22(28)20-5-1-2-6-21(20)23(27)29/h1-2,5-10H,3-4,11-17H2. The summed E-state index contributed by atoms with van der Waals surface area (Å²) < 4.78 is 0. The first-order valence-electron chi connectivity index (χ1n) is 10.3. The number of unbranched alkanes of at least 4 members (excludes halogenated alkanes) is 1. The Labute approximate surface area is 176 Å². The van der Waals surface area contributed by atoms with Gasteiger partial charge < -0.3 is 4.90 Å². The number of rotatable bonds is 7. The van der Waals surface area contributed by atoms with Crippen molar-refractivity contribution >= 4 is 23.4 Å². The van der Waals surface area contributed by atoms with Crippen LogP contribution in [0.2, 0.25) is 5.02 Å². The van der Waals surface area contributed by atoms with Crippen LogP contribution in [0.25, 0.3) is 0 Å². The van der Waals surface area contributed by atoms with E-state index in [4.69, 9.17) is 11.6 Å². The van der Waals surface area contributed by atoms with E-state index in [9.17, 15) is 9.59 Å². The molecular formula is C23H26ClN3O2. The number of fused-ring (bicyclic) bond motifs is 1. The fraction of sp³-hybridized carbons (Fsp3) is 0.391. The first-order chi connectivity index (χ1) is 14.1. The molecule has 4 rings (SSSR count). The lowest BCUT2D eigenvalue weighted by Gasteiger charge is -2.34. The topological polar surface area (TPSA) is 43.9 Å². The minimum atomic E-state index is -0.151. The molecule has 1 saturated heterocycles. The van der Waals surface area contributed by atoms with Gasteiger partial charge in [-0.25, -0.2) is 0 Å². The quantitative estimate of drug-likeness (QED) is 0.516. The molecule has 2 heterocycles. The molecule has 2 aromatic carbocycles. The van der Waals surface area contributed by atoms with Crippen LogP contribution in [0.3, 0.4) is 0 Å². The first-order valence-corrected chi connectivity index (χ1v) is 10.6. The molecule has 0 radical (unpaired) electrons. The number of hydrogen-bond acceptors (Lipinski definition) is 4. The summed E-state index contributed by atoms with van der Waals surface area (Å²) in [6, 6.07) is 15.2. The minimum Gasteiger partial charge on any atom is -0.301 e. The predicted octanol–water partition coefficient (Wildman–Crippen LogP) is 3.53. The van der Waals surface area contributed by atoms with E-state index in [0.29, 0.717) is 17.7 Å². The maximum absolute atomic E-state index is 12.4. The lowest BCUT2D eigenvalue weighted by atomic mass is 10.1. The molecule has 1 fully saturated rings. The summed E-state index contributed by atoms with van der Waals surface area (Å²) >= 11 is 5.95. The van der Waals surface area contributed by atoms with Crippen molar-refractivity contribution in [3.05, 3.63) is 70.2 Å². The van der Waals surface area contributed by atoms with Gasteiger partial charge in [-0.3, -0.25) is 19.4 Å². The Morgan fingerprint density at radius 1 is 0.724 bits per heavy atom. The number of hydrogen-bond donors (Lipinski definition) is 0. The molecule has 152 valence electrons. The lowest BCUT2D eigenvalue weighted by molar-refractivity contribution is 0.0648. The maximum Gasteiger partial charge on any atom is 0.261 e. The van der Waals surface area contributed by atoms with Crippen LogP contribution in [0, 0.1) is 0 Å². The Morgan fingerprint density at radius 3 is 1.90 bits per heavy atom. The Morgan fingerprint density at radius 2 is 1.28 bits per heavy atom. The molecule has 2 aliphatic heterocycles. The van der Waals surface area contributed by atoms with Gasteiger partial charge in [0, 0.05) is 44.3 Å². The van der Waals surface area contributed by atoms with Gasteiger partial charge in [-0.1, -0.05) is 35.9 Å². The van der Waals surface area contributed by atoms with E-state index in [0.717, 1.165) is 57.1 Å². The number of halogens is 1. The summed E-state index contributed by atoms with van der Waals surface area (Å²) in [4.78, 5) is 31.1. The Kier molecular flexibility index (Phi) is 6.28. The molecule has 0 unspecified atom stereocenters. The van der Waals surface area contributed by atoms with Gasteiger partial charge in [0.05, 0.1) is 11.1 Å². The fourth-order valence-electron chi connectivity index (χ4n) is 4.07. The molecule has 0 spiro atoms. The largest absolute Gasteiger partial charge is 0.301 e. The number of imide groups is 1. The molecule has 0 aromatic heterocycles. The highest BCUT2D eigenvalue weighted by molar-refractivity contribution is 6.30. The average molecular weight is 412 g/mol. The van der Waals surface area contributed by atoms with Crippen molar-refractivity contribution in [2.24, 2.45) is 0 Å². The van der Waals surface area contributed by atoms with Gasteiger partial charge in [-0.15, -0.1) is 0 Å². The molecule has 2 amide bonds. The number of piperazine rings is 1. The molecule has 2 aliphatic rings. The maximum atomic E-state index is 12.4. The van der Waals surface area contributed by atoms with Crippen LogP contribution < -0.4 is 0 Å². The van der Waals surface area contributed by atoms with Gasteiger partial charge >= 0.3 is 0 Å². The van der Waals surface area contributed by atoms with Crippen LogP contribution in [0.4, 0.5) is 0 Å². The zero-order chi connectivity index (χ0) is 20.2. The summed E-state index contributed by atoms with van der Waals surface area (Å²) in [7, 11) is 0. The SMILES string of the molecule is O=C1c2ccccc2C(=O)N1CCCCN1CCN(Cc2ccc(Cl)cc2)CC1. The summed E-state index contributed by atoms with van der Waals surface area (Å²) in [5, 5.41) is 0.778. The van der Waals surface area contributed by atoms with Crippen molar-refractivity contribution < 1.29 is 9.59 Å². The molecule has 0 aliphatic carbocycles. The predicted molar refractivity (Wildman–Crippen MR) is 114 cm³/mol. The Bertz CT molecular complexity index is 841. The second-order valence-corrected chi connectivity index (χ2v) is 8.20. The van der Waals surface area contributed by atoms with E-state index in [-0.39, 0.29) is 11.8 Å². The van der Waals surface area contributed by atoms with Crippen LogP contribution in [0.1, 0.15) is 39.1 Å². The molecule has 29 heavy (non-hydrogen) atoms. The van der Waals surface area contributed by atoms with Crippen molar-refractivity contribution in [2.45, 2.75) is 19.4 Å². The molecular weight excluding hydrogens is 386 g/mol. The van der Waals surface area contributed by atoms with Crippen molar-refractivity contribution in [2.75, 3.05) is 39.3 Å². The highest BCUT2D eigenvalue weighted by Crippen LogP contribution is 2.22. The lowest BCUT2D eigenvalue weighted by Crippen LogP contribution is -2.46. The van der Waals surface area contributed by atoms with Crippen LogP contribution in [-0.2, 0) is 6.54 Å². The monoisotopic (exact) mass is 411 g/mol. The Balaban J connectivity index is 1.16. The number of nitrogens with zero attached hydrogens (tertiary/aromatic N) is 3. The Hall–Kier alpha value is -2.21. The molecule has 2 aromatic rings. The average Bonchev–Trinajstić information content (AvgIpc) is 2.99. The third kappa shape index (κ3) is 4.69. The summed E-state index contributed by atoms with van der Waals surface area (Å²) in [5.41, 5.74) is 2.37. The van der Waals surface area contributed by atoms with Gasteiger partial charge in [0.2, 0.25) is 0 Å². The van der Waals surface area contributed by atoms with Crippen LogP contribution >= 0.6 is 11.6 Å². The summed E-state index contributed by atoms with van der Waals surface area (Å²) in [5.74, 6) is -0.303. The highest BCUT2D eigenvalue weighted by atomic mass is 35.5. The fourth-order valence-corrected chi connectivity index (χ4v) is 4.19. The molecule has 0 atom stereocenters. The summed E-state index contributed by atoms with van der Waals surface area (Å²) in [6.45, 7) is 6.70. The van der Waals surface area contributed by atoms with E-state index in [1.54, 1.807) is 24.3 Å². The van der Waals surface area contributed by atoms with E-state index in [1.807, 2.05) is 12.1 Å². The third-order valence-corrected chi connectivity index (χ3v) is 6.02. The van der Waals surface area contributed by atoms with Crippen LogP contribution in [0.15, 0.2) is 48.5 Å². The first kappa shape index (κ1) is 20.1. The van der Waals surface area contributed by atoms with Crippen molar-refractivity contribution in [1.29, 1.82) is 0 Å². The molecule has 0 N–H and O–H groups in total. The van der Waals surface area contributed by atoms with Gasteiger partial charge in [0.1, 0.15) is 0 Å². The number of benzene rings is 2. The second kappa shape index (κ2) is 9.08.